The first-order valence-electron chi connectivity index (χ1n) is 8.80. The standard InChI is InChI=1S/C19H23FN4O/c1-15-10-21-24(11-15)18(25)23-8-6-19(14-23)5-7-22(13-19)12-16-3-2-4-17(20)9-16/h2-4,9-11H,5-8,12-14H2,1H3. The molecule has 1 atom stereocenters. The first kappa shape index (κ1) is 16.3. The fourth-order valence-corrected chi connectivity index (χ4v) is 4.15. The Morgan fingerprint density at radius 1 is 1.28 bits per heavy atom. The summed E-state index contributed by atoms with van der Waals surface area (Å²) >= 11 is 0. The summed E-state index contributed by atoms with van der Waals surface area (Å²) in [6.45, 7) is 6.23. The van der Waals surface area contributed by atoms with Crippen LogP contribution in [0, 0.1) is 18.2 Å². The predicted octanol–water partition coefficient (Wildman–Crippen LogP) is 2.90. The van der Waals surface area contributed by atoms with Gasteiger partial charge in [0.1, 0.15) is 5.82 Å². The fraction of sp³-hybridized carbons (Fsp3) is 0.474. The first-order chi connectivity index (χ1) is 12.0. The van der Waals surface area contributed by atoms with Crippen LogP contribution in [0.25, 0.3) is 0 Å². The van der Waals surface area contributed by atoms with Gasteiger partial charge in [-0.1, -0.05) is 12.1 Å². The monoisotopic (exact) mass is 342 g/mol. The number of hydrogen-bond donors (Lipinski definition) is 0. The number of nitrogens with zero attached hydrogens (tertiary/aromatic N) is 4. The largest absolute Gasteiger partial charge is 0.344 e. The molecule has 0 bridgehead atoms. The molecule has 2 aliphatic heterocycles. The smallest absolute Gasteiger partial charge is 0.322 e. The van der Waals surface area contributed by atoms with E-state index in [-0.39, 0.29) is 17.3 Å². The second-order valence-corrected chi connectivity index (χ2v) is 7.51. The molecule has 1 amide bonds. The summed E-state index contributed by atoms with van der Waals surface area (Å²) in [5, 5.41) is 4.13. The van der Waals surface area contributed by atoms with E-state index < -0.39 is 0 Å². The number of rotatable bonds is 2. The van der Waals surface area contributed by atoms with E-state index in [0.717, 1.165) is 56.7 Å². The first-order valence-corrected chi connectivity index (χ1v) is 8.80. The maximum atomic E-state index is 13.4. The Labute approximate surface area is 147 Å². The average molecular weight is 342 g/mol. The SMILES string of the molecule is Cc1cnn(C(=O)N2CCC3(CCN(Cc4cccc(F)c4)C3)C2)c1. The van der Waals surface area contributed by atoms with Gasteiger partial charge in [-0.25, -0.2) is 9.18 Å². The highest BCUT2D eigenvalue weighted by Gasteiger charge is 2.44. The Morgan fingerprint density at radius 2 is 2.12 bits per heavy atom. The average Bonchev–Trinajstić information content (AvgIpc) is 3.29. The molecular formula is C19H23FN4O. The molecule has 25 heavy (non-hydrogen) atoms. The van der Waals surface area contributed by atoms with E-state index in [2.05, 4.69) is 10.00 Å². The van der Waals surface area contributed by atoms with E-state index >= 15 is 0 Å². The van der Waals surface area contributed by atoms with Crippen LogP contribution in [-0.2, 0) is 6.54 Å². The quantitative estimate of drug-likeness (QED) is 0.843. The zero-order valence-corrected chi connectivity index (χ0v) is 14.5. The number of amides is 1. The van der Waals surface area contributed by atoms with E-state index in [1.54, 1.807) is 24.5 Å². The molecule has 4 rings (SSSR count). The molecule has 0 N–H and O–H groups in total. The zero-order chi connectivity index (χ0) is 17.4. The van der Waals surface area contributed by atoms with Crippen molar-refractivity contribution in [1.29, 1.82) is 0 Å². The fourth-order valence-electron chi connectivity index (χ4n) is 4.15. The molecule has 6 heteroatoms. The Morgan fingerprint density at radius 3 is 2.88 bits per heavy atom. The molecule has 5 nitrogen and oxygen atoms in total. The summed E-state index contributed by atoms with van der Waals surface area (Å²) in [6.07, 6.45) is 5.60. The van der Waals surface area contributed by atoms with Crippen LogP contribution in [0.2, 0.25) is 0 Å². The molecule has 2 saturated heterocycles. The molecule has 2 aromatic rings. The van der Waals surface area contributed by atoms with Gasteiger partial charge in [0.05, 0.1) is 6.20 Å². The minimum atomic E-state index is -0.182. The van der Waals surface area contributed by atoms with Crippen molar-refractivity contribution in [2.75, 3.05) is 26.2 Å². The topological polar surface area (TPSA) is 41.4 Å². The maximum Gasteiger partial charge on any atom is 0.344 e. The van der Waals surface area contributed by atoms with Gasteiger partial charge in [-0.2, -0.15) is 9.78 Å². The van der Waals surface area contributed by atoms with Crippen molar-refractivity contribution in [3.8, 4) is 0 Å². The molecular weight excluding hydrogens is 319 g/mol. The lowest BCUT2D eigenvalue weighted by Gasteiger charge is -2.24. The van der Waals surface area contributed by atoms with Crippen molar-refractivity contribution in [2.45, 2.75) is 26.3 Å². The lowest BCUT2D eigenvalue weighted by molar-refractivity contribution is 0.196. The van der Waals surface area contributed by atoms with Gasteiger partial charge in [0.25, 0.3) is 0 Å². The summed E-state index contributed by atoms with van der Waals surface area (Å²) in [7, 11) is 0. The van der Waals surface area contributed by atoms with Gasteiger partial charge >= 0.3 is 6.03 Å². The predicted molar refractivity (Wildman–Crippen MR) is 92.7 cm³/mol. The van der Waals surface area contributed by atoms with Gasteiger partial charge in [-0.3, -0.25) is 4.90 Å². The number of likely N-dealkylation sites (tertiary alicyclic amines) is 2. The summed E-state index contributed by atoms with van der Waals surface area (Å²) in [5.74, 6) is -0.182. The van der Waals surface area contributed by atoms with Gasteiger partial charge in [-0.15, -0.1) is 0 Å². The van der Waals surface area contributed by atoms with Crippen molar-refractivity contribution < 1.29 is 9.18 Å². The minimum absolute atomic E-state index is 0.0337. The van der Waals surface area contributed by atoms with E-state index in [1.807, 2.05) is 17.9 Å². The summed E-state index contributed by atoms with van der Waals surface area (Å²) in [5.41, 5.74) is 2.17. The van der Waals surface area contributed by atoms with Gasteiger partial charge in [-0.05, 0) is 49.6 Å². The zero-order valence-electron chi connectivity index (χ0n) is 14.5. The van der Waals surface area contributed by atoms with Gasteiger partial charge in [0.15, 0.2) is 0 Å². The van der Waals surface area contributed by atoms with Gasteiger partial charge in [0.2, 0.25) is 0 Å². The van der Waals surface area contributed by atoms with Crippen LogP contribution in [0.1, 0.15) is 24.0 Å². The number of benzene rings is 1. The number of carbonyl (C=O) groups is 1. The highest BCUT2D eigenvalue weighted by molar-refractivity contribution is 5.76. The van der Waals surface area contributed by atoms with Crippen LogP contribution in [0.15, 0.2) is 36.7 Å². The number of halogens is 1. The van der Waals surface area contributed by atoms with E-state index in [1.165, 1.54) is 10.7 Å². The van der Waals surface area contributed by atoms with E-state index in [0.29, 0.717) is 0 Å². The highest BCUT2D eigenvalue weighted by atomic mass is 19.1. The Kier molecular flexibility index (Phi) is 4.07. The molecule has 0 aliphatic carbocycles. The van der Waals surface area contributed by atoms with Crippen molar-refractivity contribution in [3.05, 3.63) is 53.6 Å². The van der Waals surface area contributed by atoms with Crippen LogP contribution in [0.4, 0.5) is 9.18 Å². The molecule has 1 aromatic heterocycles. The van der Waals surface area contributed by atoms with Crippen LogP contribution in [0.5, 0.6) is 0 Å². The molecule has 1 spiro atoms. The number of aromatic nitrogens is 2. The summed E-state index contributed by atoms with van der Waals surface area (Å²) in [6, 6.07) is 6.78. The molecule has 1 unspecified atom stereocenters. The third kappa shape index (κ3) is 3.31. The van der Waals surface area contributed by atoms with Crippen molar-refractivity contribution >= 4 is 6.03 Å². The number of aryl methyl sites for hydroxylation is 1. The van der Waals surface area contributed by atoms with Crippen LogP contribution in [-0.4, -0.2) is 51.8 Å². The minimum Gasteiger partial charge on any atom is -0.322 e. The second-order valence-electron chi connectivity index (χ2n) is 7.51. The number of hydrogen-bond acceptors (Lipinski definition) is 3. The summed E-state index contributed by atoms with van der Waals surface area (Å²) in [4.78, 5) is 16.9. The molecule has 1 aromatic carbocycles. The van der Waals surface area contributed by atoms with Crippen molar-refractivity contribution in [3.63, 3.8) is 0 Å². The molecule has 2 aliphatic rings. The molecule has 2 fully saturated rings. The normalized spacial score (nSPS) is 23.7. The molecule has 0 radical (unpaired) electrons. The Hall–Kier alpha value is -2.21. The molecule has 132 valence electrons. The number of carbonyl (C=O) groups excluding carboxylic acids is 1. The van der Waals surface area contributed by atoms with Crippen LogP contribution in [0.3, 0.4) is 0 Å². The molecule has 0 saturated carbocycles. The Bertz CT molecular complexity index is 789. The Balaban J connectivity index is 1.38. The van der Waals surface area contributed by atoms with Gasteiger partial charge in [0, 0.05) is 37.8 Å². The maximum absolute atomic E-state index is 13.4. The highest BCUT2D eigenvalue weighted by Crippen LogP contribution is 2.40. The van der Waals surface area contributed by atoms with Crippen molar-refractivity contribution in [2.24, 2.45) is 5.41 Å². The van der Waals surface area contributed by atoms with Crippen molar-refractivity contribution in [1.82, 2.24) is 19.6 Å². The molecule has 3 heterocycles. The second kappa shape index (κ2) is 6.26. The third-order valence-corrected chi connectivity index (χ3v) is 5.43. The van der Waals surface area contributed by atoms with E-state index in [4.69, 9.17) is 0 Å². The lowest BCUT2D eigenvalue weighted by Crippen LogP contribution is -2.36. The van der Waals surface area contributed by atoms with E-state index in [9.17, 15) is 9.18 Å². The van der Waals surface area contributed by atoms with Crippen LogP contribution < -0.4 is 0 Å². The van der Waals surface area contributed by atoms with Gasteiger partial charge < -0.3 is 4.90 Å². The third-order valence-electron chi connectivity index (χ3n) is 5.43. The van der Waals surface area contributed by atoms with Crippen LogP contribution >= 0.6 is 0 Å². The lowest BCUT2D eigenvalue weighted by atomic mass is 9.86. The summed E-state index contributed by atoms with van der Waals surface area (Å²) < 4.78 is 14.8.